The number of aryl methyl sites for hydroxylation is 1. The first-order valence-corrected chi connectivity index (χ1v) is 6.70. The summed E-state index contributed by atoms with van der Waals surface area (Å²) >= 11 is 6.07. The molecule has 1 aliphatic heterocycles. The fraction of sp³-hybridized carbons (Fsp3) is 0.571. The van der Waals surface area contributed by atoms with Crippen molar-refractivity contribution in [1.82, 2.24) is 0 Å². The summed E-state index contributed by atoms with van der Waals surface area (Å²) in [6.07, 6.45) is 3.35. The van der Waals surface area contributed by atoms with Crippen LogP contribution in [0, 0.1) is 12.8 Å². The van der Waals surface area contributed by atoms with Crippen LogP contribution in [0.4, 0.5) is 5.69 Å². The number of piperidine rings is 1. The molecule has 1 N–H and O–H groups in total. The number of rotatable bonds is 3. The van der Waals surface area contributed by atoms with Gasteiger partial charge in [0.1, 0.15) is 0 Å². The van der Waals surface area contributed by atoms with Crippen molar-refractivity contribution in [3.63, 3.8) is 0 Å². The summed E-state index contributed by atoms with van der Waals surface area (Å²) in [4.78, 5) is 2.41. The summed E-state index contributed by atoms with van der Waals surface area (Å²) < 4.78 is 0. The highest BCUT2D eigenvalue weighted by molar-refractivity contribution is 6.30. The van der Waals surface area contributed by atoms with Gasteiger partial charge in [-0.15, -0.1) is 0 Å². The molecule has 0 radical (unpaired) electrons. The van der Waals surface area contributed by atoms with Crippen molar-refractivity contribution in [1.29, 1.82) is 0 Å². The van der Waals surface area contributed by atoms with E-state index in [4.69, 9.17) is 16.7 Å². The minimum absolute atomic E-state index is 0.299. The van der Waals surface area contributed by atoms with Gasteiger partial charge in [0.25, 0.3) is 0 Å². The fourth-order valence-corrected chi connectivity index (χ4v) is 2.79. The zero-order valence-corrected chi connectivity index (χ0v) is 11.1. The lowest BCUT2D eigenvalue weighted by Gasteiger charge is -2.35. The molecule has 1 aromatic rings. The fourth-order valence-electron chi connectivity index (χ4n) is 2.63. The standard InChI is InChI=1S/C14H20ClNO/c1-11-4-5-13(15)9-14(11)16-7-2-3-12(10-16)6-8-17/h4-5,9,12,17H,2-3,6-8,10H2,1H3. The van der Waals surface area contributed by atoms with E-state index in [0.29, 0.717) is 12.5 Å². The molecule has 0 amide bonds. The van der Waals surface area contributed by atoms with Crippen LogP contribution in [0.15, 0.2) is 18.2 Å². The van der Waals surface area contributed by atoms with Gasteiger partial charge >= 0.3 is 0 Å². The minimum atomic E-state index is 0.299. The maximum atomic E-state index is 9.03. The third-order valence-corrected chi connectivity index (χ3v) is 3.80. The number of nitrogens with zero attached hydrogens (tertiary/aromatic N) is 1. The molecular formula is C14H20ClNO. The van der Waals surface area contributed by atoms with Gasteiger partial charge in [-0.2, -0.15) is 0 Å². The first-order valence-electron chi connectivity index (χ1n) is 6.32. The van der Waals surface area contributed by atoms with E-state index in [1.165, 1.54) is 24.1 Å². The van der Waals surface area contributed by atoms with Crippen molar-refractivity contribution in [3.8, 4) is 0 Å². The molecule has 1 fully saturated rings. The minimum Gasteiger partial charge on any atom is -0.396 e. The second-order valence-electron chi connectivity index (χ2n) is 4.90. The van der Waals surface area contributed by atoms with Crippen LogP contribution < -0.4 is 4.90 Å². The van der Waals surface area contributed by atoms with Crippen LogP contribution in [-0.2, 0) is 0 Å². The Morgan fingerprint density at radius 1 is 1.47 bits per heavy atom. The number of halogens is 1. The van der Waals surface area contributed by atoms with Crippen molar-refractivity contribution in [2.24, 2.45) is 5.92 Å². The highest BCUT2D eigenvalue weighted by Crippen LogP contribution is 2.29. The van der Waals surface area contributed by atoms with Gasteiger partial charge in [0.15, 0.2) is 0 Å². The molecule has 1 aromatic carbocycles. The molecule has 1 heterocycles. The zero-order valence-electron chi connectivity index (χ0n) is 10.3. The molecule has 2 nitrogen and oxygen atoms in total. The molecule has 0 spiro atoms. The predicted molar refractivity (Wildman–Crippen MR) is 72.8 cm³/mol. The van der Waals surface area contributed by atoms with Crippen LogP contribution in [0.3, 0.4) is 0 Å². The van der Waals surface area contributed by atoms with Crippen LogP contribution in [0.2, 0.25) is 5.02 Å². The van der Waals surface area contributed by atoms with Gasteiger partial charge < -0.3 is 10.0 Å². The maximum absolute atomic E-state index is 9.03. The average molecular weight is 254 g/mol. The normalized spacial score (nSPS) is 20.6. The summed E-state index contributed by atoms with van der Waals surface area (Å²) in [5.41, 5.74) is 2.53. The summed E-state index contributed by atoms with van der Waals surface area (Å²) in [5, 5.41) is 9.84. The van der Waals surface area contributed by atoms with E-state index in [-0.39, 0.29) is 0 Å². The number of benzene rings is 1. The quantitative estimate of drug-likeness (QED) is 0.894. The van der Waals surface area contributed by atoms with Gasteiger partial charge in [0, 0.05) is 30.4 Å². The van der Waals surface area contributed by atoms with Gasteiger partial charge in [-0.3, -0.25) is 0 Å². The Morgan fingerprint density at radius 3 is 3.06 bits per heavy atom. The second-order valence-corrected chi connectivity index (χ2v) is 5.33. The summed E-state index contributed by atoms with van der Waals surface area (Å²) in [7, 11) is 0. The molecule has 0 aliphatic carbocycles. The van der Waals surface area contributed by atoms with E-state index in [1.54, 1.807) is 0 Å². The van der Waals surface area contributed by atoms with E-state index in [9.17, 15) is 0 Å². The molecule has 2 rings (SSSR count). The van der Waals surface area contributed by atoms with E-state index >= 15 is 0 Å². The Hall–Kier alpha value is -0.730. The summed E-state index contributed by atoms with van der Waals surface area (Å²) in [6.45, 7) is 4.57. The Balaban J connectivity index is 2.13. The molecule has 0 bridgehead atoms. The molecule has 0 aromatic heterocycles. The van der Waals surface area contributed by atoms with Crippen molar-refractivity contribution < 1.29 is 5.11 Å². The molecule has 17 heavy (non-hydrogen) atoms. The first kappa shape index (κ1) is 12.7. The maximum Gasteiger partial charge on any atom is 0.0434 e. The van der Waals surface area contributed by atoms with Crippen molar-refractivity contribution in [2.45, 2.75) is 26.2 Å². The number of aliphatic hydroxyl groups excluding tert-OH is 1. The molecule has 94 valence electrons. The van der Waals surface area contributed by atoms with E-state index in [0.717, 1.165) is 24.5 Å². The van der Waals surface area contributed by atoms with Crippen LogP contribution in [0.25, 0.3) is 0 Å². The number of anilines is 1. The van der Waals surface area contributed by atoms with Gasteiger partial charge in [-0.1, -0.05) is 17.7 Å². The van der Waals surface area contributed by atoms with Crippen molar-refractivity contribution in [2.75, 3.05) is 24.6 Å². The van der Waals surface area contributed by atoms with E-state index < -0.39 is 0 Å². The molecular weight excluding hydrogens is 234 g/mol. The second kappa shape index (κ2) is 5.74. The topological polar surface area (TPSA) is 23.5 Å². The molecule has 1 atom stereocenters. The Kier molecular flexibility index (Phi) is 4.30. The molecule has 3 heteroatoms. The lowest BCUT2D eigenvalue weighted by Crippen LogP contribution is -2.36. The molecule has 1 saturated heterocycles. The Morgan fingerprint density at radius 2 is 2.29 bits per heavy atom. The van der Waals surface area contributed by atoms with Gasteiger partial charge in [0.05, 0.1) is 0 Å². The van der Waals surface area contributed by atoms with Crippen LogP contribution in [0.5, 0.6) is 0 Å². The monoisotopic (exact) mass is 253 g/mol. The largest absolute Gasteiger partial charge is 0.396 e. The summed E-state index contributed by atoms with van der Waals surface area (Å²) in [5.74, 6) is 0.618. The van der Waals surface area contributed by atoms with Gasteiger partial charge in [0.2, 0.25) is 0 Å². The number of aliphatic hydroxyl groups is 1. The SMILES string of the molecule is Cc1ccc(Cl)cc1N1CCCC(CCO)C1. The highest BCUT2D eigenvalue weighted by Gasteiger charge is 2.20. The number of hydrogen-bond acceptors (Lipinski definition) is 2. The smallest absolute Gasteiger partial charge is 0.0434 e. The third kappa shape index (κ3) is 3.14. The number of hydrogen-bond donors (Lipinski definition) is 1. The van der Waals surface area contributed by atoms with Gasteiger partial charge in [-0.25, -0.2) is 0 Å². The third-order valence-electron chi connectivity index (χ3n) is 3.57. The van der Waals surface area contributed by atoms with Crippen LogP contribution in [0.1, 0.15) is 24.8 Å². The Bertz CT molecular complexity index is 378. The Labute approximate surface area is 108 Å². The van der Waals surface area contributed by atoms with Crippen molar-refractivity contribution in [3.05, 3.63) is 28.8 Å². The van der Waals surface area contributed by atoms with Gasteiger partial charge in [-0.05, 0) is 49.8 Å². The molecule has 0 saturated carbocycles. The lowest BCUT2D eigenvalue weighted by molar-refractivity contribution is 0.244. The lowest BCUT2D eigenvalue weighted by atomic mass is 9.94. The average Bonchev–Trinajstić information content (AvgIpc) is 2.33. The molecule has 1 aliphatic rings. The zero-order chi connectivity index (χ0) is 12.3. The van der Waals surface area contributed by atoms with E-state index in [2.05, 4.69) is 24.0 Å². The van der Waals surface area contributed by atoms with E-state index in [1.807, 2.05) is 6.07 Å². The highest BCUT2D eigenvalue weighted by atomic mass is 35.5. The molecule has 1 unspecified atom stereocenters. The predicted octanol–water partition coefficient (Wildman–Crippen LogP) is 3.25. The van der Waals surface area contributed by atoms with Crippen LogP contribution in [-0.4, -0.2) is 24.8 Å². The summed E-state index contributed by atoms with van der Waals surface area (Å²) in [6, 6.07) is 6.07. The van der Waals surface area contributed by atoms with Crippen LogP contribution >= 0.6 is 11.6 Å². The first-order chi connectivity index (χ1) is 8.20. The van der Waals surface area contributed by atoms with Crippen molar-refractivity contribution >= 4 is 17.3 Å².